The molecular formula is C19H21NO2S. The molecule has 0 spiro atoms. The summed E-state index contributed by atoms with van der Waals surface area (Å²) >= 11 is 1.93. The van der Waals surface area contributed by atoms with Crippen LogP contribution in [0.2, 0.25) is 0 Å². The highest BCUT2D eigenvalue weighted by molar-refractivity contribution is 7.99. The van der Waals surface area contributed by atoms with Gasteiger partial charge in [-0.05, 0) is 54.3 Å². The van der Waals surface area contributed by atoms with Gasteiger partial charge in [0, 0.05) is 16.7 Å². The summed E-state index contributed by atoms with van der Waals surface area (Å²) in [5.74, 6) is 0.848. The molecule has 23 heavy (non-hydrogen) atoms. The van der Waals surface area contributed by atoms with Gasteiger partial charge >= 0.3 is 5.97 Å². The summed E-state index contributed by atoms with van der Waals surface area (Å²) in [6, 6.07) is 10.2. The first-order chi connectivity index (χ1) is 11.0. The fourth-order valence-electron chi connectivity index (χ4n) is 2.79. The first kappa shape index (κ1) is 16.1. The molecule has 3 nitrogen and oxygen atoms in total. The van der Waals surface area contributed by atoms with Crippen molar-refractivity contribution in [1.82, 2.24) is 4.98 Å². The van der Waals surface area contributed by atoms with Crippen molar-refractivity contribution < 1.29 is 9.53 Å². The van der Waals surface area contributed by atoms with Gasteiger partial charge in [0.05, 0.1) is 17.9 Å². The summed E-state index contributed by atoms with van der Waals surface area (Å²) in [4.78, 5) is 17.5. The van der Waals surface area contributed by atoms with Gasteiger partial charge in [-0.3, -0.25) is 4.98 Å². The molecule has 1 aromatic heterocycles. The van der Waals surface area contributed by atoms with Crippen LogP contribution in [0.25, 0.3) is 11.3 Å². The number of rotatable bonds is 3. The highest BCUT2D eigenvalue weighted by atomic mass is 32.2. The molecule has 4 heteroatoms. The highest BCUT2D eigenvalue weighted by Crippen LogP contribution is 2.42. The summed E-state index contributed by atoms with van der Waals surface area (Å²) in [6.07, 6.45) is 2.77. The topological polar surface area (TPSA) is 39.2 Å². The molecule has 0 aliphatic carbocycles. The van der Waals surface area contributed by atoms with E-state index in [1.165, 1.54) is 22.6 Å². The normalized spacial score (nSPS) is 15.8. The minimum atomic E-state index is -0.325. The number of benzene rings is 1. The van der Waals surface area contributed by atoms with Gasteiger partial charge in [0.1, 0.15) is 0 Å². The number of pyridine rings is 1. The fraction of sp³-hybridized carbons (Fsp3) is 0.368. The summed E-state index contributed by atoms with van der Waals surface area (Å²) in [5, 5.41) is 0. The minimum Gasteiger partial charge on any atom is -0.462 e. The molecule has 1 aliphatic rings. The number of thioether (sulfide) groups is 1. The molecule has 0 bridgehead atoms. The summed E-state index contributed by atoms with van der Waals surface area (Å²) in [7, 11) is 0. The molecule has 120 valence electrons. The van der Waals surface area contributed by atoms with Gasteiger partial charge in [0.2, 0.25) is 0 Å². The third-order valence-electron chi connectivity index (χ3n) is 4.26. The molecule has 0 amide bonds. The Balaban J connectivity index is 1.92. The number of fused-ring (bicyclic) bond motifs is 1. The van der Waals surface area contributed by atoms with E-state index in [4.69, 9.17) is 4.74 Å². The number of aromatic nitrogens is 1. The Hall–Kier alpha value is -1.81. The van der Waals surface area contributed by atoms with Crippen molar-refractivity contribution in [3.8, 4) is 11.3 Å². The maximum Gasteiger partial charge on any atom is 0.339 e. The van der Waals surface area contributed by atoms with Crippen molar-refractivity contribution in [1.29, 1.82) is 0 Å². The van der Waals surface area contributed by atoms with E-state index in [9.17, 15) is 4.79 Å². The van der Waals surface area contributed by atoms with Gasteiger partial charge in [-0.25, -0.2) is 4.79 Å². The average molecular weight is 327 g/mol. The molecular weight excluding hydrogens is 306 g/mol. The molecule has 0 N–H and O–H groups in total. The zero-order chi connectivity index (χ0) is 16.4. The van der Waals surface area contributed by atoms with Gasteiger partial charge in [0.25, 0.3) is 0 Å². The number of hydrogen-bond acceptors (Lipinski definition) is 4. The summed E-state index contributed by atoms with van der Waals surface area (Å²) < 4.78 is 4.99. The Morgan fingerprint density at radius 3 is 2.83 bits per heavy atom. The van der Waals surface area contributed by atoms with Crippen LogP contribution in [0.3, 0.4) is 0 Å². The first-order valence-corrected chi connectivity index (χ1v) is 8.91. The molecule has 0 radical (unpaired) electrons. The van der Waals surface area contributed by atoms with Crippen LogP contribution in [0, 0.1) is 0 Å². The molecule has 0 saturated carbocycles. The standard InChI is InChI=1S/C19H21NO2S/c1-4-22-18(21)14-5-7-16(20-12-14)13-6-8-17-15(11-13)19(2,3)9-10-23-17/h5-8,11-12H,4,9-10H2,1-3H3. The van der Waals surface area contributed by atoms with Crippen LogP contribution in [0.1, 0.15) is 43.1 Å². The van der Waals surface area contributed by atoms with Crippen molar-refractivity contribution in [3.05, 3.63) is 47.7 Å². The van der Waals surface area contributed by atoms with E-state index in [1.807, 2.05) is 17.8 Å². The lowest BCUT2D eigenvalue weighted by Crippen LogP contribution is -2.22. The van der Waals surface area contributed by atoms with E-state index in [2.05, 4.69) is 37.0 Å². The Morgan fingerprint density at radius 1 is 1.30 bits per heavy atom. The van der Waals surface area contributed by atoms with Crippen molar-refractivity contribution in [2.45, 2.75) is 37.5 Å². The number of hydrogen-bond donors (Lipinski definition) is 0. The van der Waals surface area contributed by atoms with Crippen LogP contribution in [-0.4, -0.2) is 23.3 Å². The second-order valence-electron chi connectivity index (χ2n) is 6.35. The molecule has 2 heterocycles. The van der Waals surface area contributed by atoms with E-state index >= 15 is 0 Å². The second-order valence-corrected chi connectivity index (χ2v) is 7.48. The molecule has 1 aromatic carbocycles. The molecule has 0 unspecified atom stereocenters. The SMILES string of the molecule is CCOC(=O)c1ccc(-c2ccc3c(c2)C(C)(C)CCS3)nc1. The van der Waals surface area contributed by atoms with Crippen LogP contribution in [0.15, 0.2) is 41.4 Å². The Labute approximate surface area is 141 Å². The third-order valence-corrected chi connectivity index (χ3v) is 5.34. The Kier molecular flexibility index (Phi) is 4.44. The number of esters is 1. The first-order valence-electron chi connectivity index (χ1n) is 7.92. The van der Waals surface area contributed by atoms with Gasteiger partial charge in [-0.15, -0.1) is 11.8 Å². The van der Waals surface area contributed by atoms with Crippen LogP contribution in [-0.2, 0) is 10.2 Å². The maximum absolute atomic E-state index is 11.7. The van der Waals surface area contributed by atoms with Gasteiger partial charge in [-0.1, -0.05) is 19.9 Å². The van der Waals surface area contributed by atoms with Crippen molar-refractivity contribution in [2.24, 2.45) is 0 Å². The third kappa shape index (κ3) is 3.27. The summed E-state index contributed by atoms with van der Waals surface area (Å²) in [5.41, 5.74) is 4.05. The number of carbonyl (C=O) groups excluding carboxylic acids is 1. The van der Waals surface area contributed by atoms with E-state index in [0.717, 1.165) is 11.3 Å². The zero-order valence-electron chi connectivity index (χ0n) is 13.8. The predicted octanol–water partition coefficient (Wildman–Crippen LogP) is 4.70. The van der Waals surface area contributed by atoms with Gasteiger partial charge < -0.3 is 4.74 Å². The molecule has 0 saturated heterocycles. The summed E-state index contributed by atoms with van der Waals surface area (Å²) in [6.45, 7) is 6.77. The molecule has 0 fully saturated rings. The van der Waals surface area contributed by atoms with Crippen molar-refractivity contribution in [3.63, 3.8) is 0 Å². The Morgan fingerprint density at radius 2 is 2.13 bits per heavy atom. The zero-order valence-corrected chi connectivity index (χ0v) is 14.6. The average Bonchev–Trinajstić information content (AvgIpc) is 2.55. The van der Waals surface area contributed by atoms with Crippen molar-refractivity contribution in [2.75, 3.05) is 12.4 Å². The number of nitrogens with zero attached hydrogens (tertiary/aromatic N) is 1. The van der Waals surface area contributed by atoms with Gasteiger partial charge in [0.15, 0.2) is 0 Å². The van der Waals surface area contributed by atoms with E-state index < -0.39 is 0 Å². The lowest BCUT2D eigenvalue weighted by Gasteiger charge is -2.32. The predicted molar refractivity (Wildman–Crippen MR) is 94.0 cm³/mol. The maximum atomic E-state index is 11.7. The van der Waals surface area contributed by atoms with Crippen LogP contribution < -0.4 is 0 Å². The quantitative estimate of drug-likeness (QED) is 0.766. The van der Waals surface area contributed by atoms with Crippen LogP contribution in [0.4, 0.5) is 0 Å². The fourth-order valence-corrected chi connectivity index (χ4v) is 4.28. The molecule has 2 aromatic rings. The van der Waals surface area contributed by atoms with Crippen molar-refractivity contribution >= 4 is 17.7 Å². The van der Waals surface area contributed by atoms with Crippen LogP contribution in [0.5, 0.6) is 0 Å². The van der Waals surface area contributed by atoms with E-state index in [-0.39, 0.29) is 11.4 Å². The lowest BCUT2D eigenvalue weighted by atomic mass is 9.81. The number of carbonyl (C=O) groups is 1. The molecule has 3 rings (SSSR count). The van der Waals surface area contributed by atoms with Gasteiger partial charge in [-0.2, -0.15) is 0 Å². The molecule has 0 atom stereocenters. The lowest BCUT2D eigenvalue weighted by molar-refractivity contribution is 0.0526. The van der Waals surface area contributed by atoms with Crippen LogP contribution >= 0.6 is 11.8 Å². The molecule has 1 aliphatic heterocycles. The van der Waals surface area contributed by atoms with E-state index in [1.54, 1.807) is 19.2 Å². The smallest absolute Gasteiger partial charge is 0.339 e. The largest absolute Gasteiger partial charge is 0.462 e. The minimum absolute atomic E-state index is 0.196. The Bertz CT molecular complexity index is 723. The van der Waals surface area contributed by atoms with E-state index in [0.29, 0.717) is 12.2 Å². The second kappa shape index (κ2) is 6.36. The monoisotopic (exact) mass is 327 g/mol. The number of ether oxygens (including phenoxy) is 1. The highest BCUT2D eigenvalue weighted by Gasteiger charge is 2.28.